The first-order valence-electron chi connectivity index (χ1n) is 8.14. The average molecular weight is 319 g/mol. The molecule has 0 saturated heterocycles. The van der Waals surface area contributed by atoms with E-state index >= 15 is 0 Å². The monoisotopic (exact) mass is 319 g/mol. The second-order valence-corrected chi connectivity index (χ2v) is 6.29. The third-order valence-corrected chi connectivity index (χ3v) is 4.46. The van der Waals surface area contributed by atoms with Crippen molar-refractivity contribution in [1.82, 2.24) is 28.9 Å². The fraction of sp³-hybridized carbons (Fsp3) is 0.294. The Morgan fingerprint density at radius 2 is 2.12 bits per heavy atom. The summed E-state index contributed by atoms with van der Waals surface area (Å²) in [7, 11) is 0. The normalized spacial score (nSPS) is 14.5. The molecular formula is C17H17N7. The molecule has 24 heavy (non-hydrogen) atoms. The van der Waals surface area contributed by atoms with Gasteiger partial charge < -0.3 is 14.3 Å². The maximum Gasteiger partial charge on any atom is 0.165 e. The maximum absolute atomic E-state index is 4.68. The van der Waals surface area contributed by atoms with Crippen LogP contribution in [0.4, 0.5) is 5.82 Å². The van der Waals surface area contributed by atoms with Gasteiger partial charge in [0.05, 0.1) is 18.6 Å². The fourth-order valence-electron chi connectivity index (χ4n) is 3.07. The van der Waals surface area contributed by atoms with Crippen LogP contribution in [0, 0.1) is 6.92 Å². The lowest BCUT2D eigenvalue weighted by atomic mass is 10.3. The SMILES string of the molecule is Cc1cccn2cc(CNc3ncnc4c3ncn4C3CC3)nc12. The van der Waals surface area contributed by atoms with Crippen LogP contribution in [-0.2, 0) is 6.54 Å². The number of nitrogens with one attached hydrogen (secondary N) is 1. The van der Waals surface area contributed by atoms with Crippen molar-refractivity contribution < 1.29 is 0 Å². The van der Waals surface area contributed by atoms with Crippen LogP contribution in [0.5, 0.6) is 0 Å². The number of aromatic nitrogens is 6. The van der Waals surface area contributed by atoms with Crippen LogP contribution in [0.1, 0.15) is 30.1 Å². The molecule has 0 aromatic carbocycles. The highest BCUT2D eigenvalue weighted by molar-refractivity contribution is 5.82. The van der Waals surface area contributed by atoms with Crippen molar-refractivity contribution in [1.29, 1.82) is 0 Å². The van der Waals surface area contributed by atoms with E-state index in [0.29, 0.717) is 12.6 Å². The zero-order valence-corrected chi connectivity index (χ0v) is 13.3. The molecule has 4 heterocycles. The van der Waals surface area contributed by atoms with E-state index in [1.807, 2.05) is 29.2 Å². The Morgan fingerprint density at radius 3 is 2.96 bits per heavy atom. The van der Waals surface area contributed by atoms with E-state index < -0.39 is 0 Å². The molecule has 7 nitrogen and oxygen atoms in total. The minimum absolute atomic E-state index is 0.555. The second kappa shape index (κ2) is 5.02. The van der Waals surface area contributed by atoms with Gasteiger partial charge in [0.2, 0.25) is 0 Å². The first-order chi connectivity index (χ1) is 11.8. The van der Waals surface area contributed by atoms with Crippen molar-refractivity contribution in [3.8, 4) is 0 Å². The number of imidazole rings is 2. The van der Waals surface area contributed by atoms with E-state index in [9.17, 15) is 0 Å². The summed E-state index contributed by atoms with van der Waals surface area (Å²) in [4.78, 5) is 17.9. The summed E-state index contributed by atoms with van der Waals surface area (Å²) in [5.41, 5.74) is 4.85. The highest BCUT2D eigenvalue weighted by Crippen LogP contribution is 2.37. The molecule has 1 aliphatic carbocycles. The van der Waals surface area contributed by atoms with Crippen LogP contribution in [0.3, 0.4) is 0 Å². The smallest absolute Gasteiger partial charge is 0.165 e. The number of fused-ring (bicyclic) bond motifs is 2. The Bertz CT molecular complexity index is 1040. The Morgan fingerprint density at radius 1 is 1.21 bits per heavy atom. The minimum atomic E-state index is 0.555. The molecule has 0 spiro atoms. The minimum Gasteiger partial charge on any atom is -0.362 e. The summed E-state index contributed by atoms with van der Waals surface area (Å²) in [6, 6.07) is 4.65. The third kappa shape index (κ3) is 2.12. The van der Waals surface area contributed by atoms with Crippen LogP contribution in [-0.4, -0.2) is 28.9 Å². The Hall–Kier alpha value is -2.96. The summed E-state index contributed by atoms with van der Waals surface area (Å²) < 4.78 is 4.19. The first-order valence-corrected chi connectivity index (χ1v) is 8.14. The van der Waals surface area contributed by atoms with Gasteiger partial charge in [0.15, 0.2) is 11.5 Å². The first kappa shape index (κ1) is 13.5. The highest BCUT2D eigenvalue weighted by Gasteiger charge is 2.26. The molecule has 0 bridgehead atoms. The summed E-state index contributed by atoms with van der Waals surface area (Å²) in [6.07, 6.45) is 9.93. The van der Waals surface area contributed by atoms with Crippen molar-refractivity contribution in [3.05, 3.63) is 48.4 Å². The lowest BCUT2D eigenvalue weighted by Gasteiger charge is -2.04. The van der Waals surface area contributed by atoms with Crippen molar-refractivity contribution >= 4 is 22.6 Å². The maximum atomic E-state index is 4.68. The summed E-state index contributed by atoms with van der Waals surface area (Å²) in [6.45, 7) is 2.67. The van der Waals surface area contributed by atoms with Gasteiger partial charge in [0.25, 0.3) is 0 Å². The van der Waals surface area contributed by atoms with Crippen molar-refractivity contribution in [2.75, 3.05) is 5.32 Å². The molecule has 1 saturated carbocycles. The molecule has 0 aliphatic heterocycles. The van der Waals surface area contributed by atoms with Gasteiger partial charge in [-0.05, 0) is 31.4 Å². The molecule has 1 N–H and O–H groups in total. The molecule has 0 radical (unpaired) electrons. The molecule has 0 atom stereocenters. The lowest BCUT2D eigenvalue weighted by Crippen LogP contribution is -2.03. The van der Waals surface area contributed by atoms with E-state index in [-0.39, 0.29) is 0 Å². The lowest BCUT2D eigenvalue weighted by molar-refractivity contribution is 0.756. The summed E-state index contributed by atoms with van der Waals surface area (Å²) in [5, 5.41) is 3.35. The van der Waals surface area contributed by atoms with E-state index in [2.05, 4.69) is 42.8 Å². The van der Waals surface area contributed by atoms with Gasteiger partial charge in [0, 0.05) is 18.4 Å². The molecule has 1 fully saturated rings. The number of nitrogens with zero attached hydrogens (tertiary/aromatic N) is 6. The van der Waals surface area contributed by atoms with Gasteiger partial charge in [-0.25, -0.2) is 19.9 Å². The highest BCUT2D eigenvalue weighted by atomic mass is 15.2. The molecule has 120 valence electrons. The zero-order chi connectivity index (χ0) is 16.1. The number of hydrogen-bond donors (Lipinski definition) is 1. The van der Waals surface area contributed by atoms with Gasteiger partial charge in [-0.3, -0.25) is 0 Å². The third-order valence-electron chi connectivity index (χ3n) is 4.46. The van der Waals surface area contributed by atoms with Gasteiger partial charge in [-0.1, -0.05) is 6.07 Å². The molecular weight excluding hydrogens is 302 g/mol. The van der Waals surface area contributed by atoms with E-state index in [1.54, 1.807) is 6.33 Å². The van der Waals surface area contributed by atoms with Crippen LogP contribution >= 0.6 is 0 Å². The van der Waals surface area contributed by atoms with Crippen molar-refractivity contribution in [3.63, 3.8) is 0 Å². The molecule has 4 aromatic rings. The Labute approximate surface area is 138 Å². The second-order valence-electron chi connectivity index (χ2n) is 6.29. The molecule has 0 unspecified atom stereocenters. The van der Waals surface area contributed by atoms with Crippen LogP contribution in [0.2, 0.25) is 0 Å². The summed E-state index contributed by atoms with van der Waals surface area (Å²) >= 11 is 0. The van der Waals surface area contributed by atoms with Crippen LogP contribution < -0.4 is 5.32 Å². The number of hydrogen-bond acceptors (Lipinski definition) is 5. The summed E-state index contributed by atoms with van der Waals surface area (Å²) in [5.74, 6) is 0.758. The molecule has 4 aromatic heterocycles. The van der Waals surface area contributed by atoms with Crippen molar-refractivity contribution in [2.24, 2.45) is 0 Å². The quantitative estimate of drug-likeness (QED) is 0.626. The van der Waals surface area contributed by atoms with Gasteiger partial charge in [-0.15, -0.1) is 0 Å². The number of anilines is 1. The molecule has 1 aliphatic rings. The predicted molar refractivity (Wildman–Crippen MR) is 90.8 cm³/mol. The van der Waals surface area contributed by atoms with Gasteiger partial charge in [-0.2, -0.15) is 0 Å². The van der Waals surface area contributed by atoms with E-state index in [4.69, 9.17) is 0 Å². The predicted octanol–water partition coefficient (Wildman–Crippen LogP) is 2.73. The van der Waals surface area contributed by atoms with E-state index in [0.717, 1.165) is 33.9 Å². The molecule has 0 amide bonds. The van der Waals surface area contributed by atoms with Gasteiger partial charge >= 0.3 is 0 Å². The Balaban J connectivity index is 1.45. The number of aryl methyl sites for hydroxylation is 1. The van der Waals surface area contributed by atoms with Crippen LogP contribution in [0.25, 0.3) is 16.8 Å². The average Bonchev–Trinajstić information content (AvgIpc) is 3.19. The van der Waals surface area contributed by atoms with Crippen LogP contribution in [0.15, 0.2) is 37.2 Å². The van der Waals surface area contributed by atoms with Gasteiger partial charge in [0.1, 0.15) is 17.5 Å². The van der Waals surface area contributed by atoms with E-state index in [1.165, 1.54) is 12.8 Å². The largest absolute Gasteiger partial charge is 0.362 e. The topological polar surface area (TPSA) is 72.9 Å². The van der Waals surface area contributed by atoms with Crippen molar-refractivity contribution in [2.45, 2.75) is 32.4 Å². The standard InChI is InChI=1S/C17H17N7/c1-11-3-2-6-23-8-12(22-16(11)23)7-18-15-14-17(20-9-19-15)24(10-21-14)13-4-5-13/h2-3,6,8-10,13H,4-5,7H2,1H3,(H,18,19,20). The number of pyridine rings is 1. The number of rotatable bonds is 4. The zero-order valence-electron chi connectivity index (χ0n) is 13.3. The molecule has 7 heteroatoms. The Kier molecular flexibility index (Phi) is 2.82. The fourth-order valence-corrected chi connectivity index (χ4v) is 3.07. The molecule has 5 rings (SSSR count).